The minimum absolute atomic E-state index is 0.750. The van der Waals surface area contributed by atoms with Crippen LogP contribution in [-0.2, 0) is 4.79 Å². The summed E-state index contributed by atoms with van der Waals surface area (Å²) in [7, 11) is 3.38. The lowest BCUT2D eigenvalue weighted by Gasteiger charge is -1.93. The number of hydrogen-bond donors (Lipinski definition) is 0. The number of aryl methyl sites for hydroxylation is 2. The normalized spacial score (nSPS) is 8.31. The fraction of sp³-hybridized carbons (Fsp3) is 0.364. The minimum Gasteiger partial charge on any atom is -0.351 e. The predicted octanol–water partition coefficient (Wildman–Crippen LogP) is 2.01. The zero-order valence-corrected chi connectivity index (χ0v) is 8.74. The summed E-state index contributed by atoms with van der Waals surface area (Å²) in [5.74, 6) is 0. The molecular weight excluding hydrogens is 162 g/mol. The van der Waals surface area contributed by atoms with E-state index in [1.807, 2.05) is 0 Å². The van der Waals surface area contributed by atoms with Crippen molar-refractivity contribution < 1.29 is 4.79 Å². The lowest BCUT2D eigenvalue weighted by Crippen LogP contribution is -2.06. The van der Waals surface area contributed by atoms with Gasteiger partial charge in [0.25, 0.3) is 0 Å². The maximum atomic E-state index is 9.43. The van der Waals surface area contributed by atoms with Gasteiger partial charge in [0, 0.05) is 14.1 Å². The number of amides is 1. The number of carbonyl (C=O) groups excluding carboxylic acids is 1. The van der Waals surface area contributed by atoms with Crippen LogP contribution in [0.25, 0.3) is 0 Å². The Labute approximate surface area is 80.2 Å². The largest absolute Gasteiger partial charge is 0.351 e. The smallest absolute Gasteiger partial charge is 0.209 e. The Kier molecular flexibility index (Phi) is 5.60. The lowest BCUT2D eigenvalue weighted by molar-refractivity contribution is -0.115. The van der Waals surface area contributed by atoms with Crippen LogP contribution in [-0.4, -0.2) is 25.4 Å². The van der Waals surface area contributed by atoms with Crippen molar-refractivity contribution in [3.8, 4) is 0 Å². The molecule has 0 saturated carbocycles. The van der Waals surface area contributed by atoms with Crippen LogP contribution < -0.4 is 0 Å². The summed E-state index contributed by atoms with van der Waals surface area (Å²) in [6.45, 7) is 4.24. The van der Waals surface area contributed by atoms with E-state index in [1.54, 1.807) is 14.1 Å². The molecule has 1 amide bonds. The van der Waals surface area contributed by atoms with Crippen molar-refractivity contribution in [3.63, 3.8) is 0 Å². The fourth-order valence-corrected chi connectivity index (χ4v) is 0.663. The molecule has 0 aromatic heterocycles. The molecular formula is C11H17NO. The second kappa shape index (κ2) is 6.23. The molecule has 0 spiro atoms. The molecule has 72 valence electrons. The third-order valence-corrected chi connectivity index (χ3v) is 1.64. The molecule has 0 aliphatic heterocycles. The summed E-state index contributed by atoms with van der Waals surface area (Å²) in [4.78, 5) is 10.9. The van der Waals surface area contributed by atoms with Gasteiger partial charge in [-0.1, -0.05) is 24.3 Å². The van der Waals surface area contributed by atoms with Crippen LogP contribution in [0.4, 0.5) is 0 Å². The summed E-state index contributed by atoms with van der Waals surface area (Å²) < 4.78 is 0. The van der Waals surface area contributed by atoms with E-state index in [1.165, 1.54) is 16.0 Å². The molecule has 1 aromatic rings. The summed E-state index contributed by atoms with van der Waals surface area (Å²) in [5, 5.41) is 0. The van der Waals surface area contributed by atoms with Crippen LogP contribution in [0.2, 0.25) is 0 Å². The van der Waals surface area contributed by atoms with Crippen molar-refractivity contribution >= 4 is 6.41 Å². The Balaban J connectivity index is 0.000000252. The van der Waals surface area contributed by atoms with Gasteiger partial charge in [0.15, 0.2) is 0 Å². The second-order valence-corrected chi connectivity index (χ2v) is 3.15. The van der Waals surface area contributed by atoms with Gasteiger partial charge in [0.1, 0.15) is 0 Å². The molecule has 0 atom stereocenters. The van der Waals surface area contributed by atoms with Crippen LogP contribution >= 0.6 is 0 Å². The highest BCUT2D eigenvalue weighted by molar-refractivity contribution is 5.45. The number of rotatable bonds is 1. The Morgan fingerprint density at radius 1 is 1.08 bits per heavy atom. The van der Waals surface area contributed by atoms with Gasteiger partial charge in [-0.2, -0.15) is 0 Å². The summed E-state index contributed by atoms with van der Waals surface area (Å²) >= 11 is 0. The van der Waals surface area contributed by atoms with Gasteiger partial charge in [-0.3, -0.25) is 4.79 Å². The van der Waals surface area contributed by atoms with Crippen molar-refractivity contribution in [2.75, 3.05) is 14.1 Å². The Bertz CT molecular complexity index is 235. The van der Waals surface area contributed by atoms with Gasteiger partial charge in [-0.05, 0) is 25.0 Å². The number of nitrogens with zero attached hydrogens (tertiary/aromatic N) is 1. The molecule has 1 aromatic carbocycles. The first kappa shape index (κ1) is 11.7. The van der Waals surface area contributed by atoms with Crippen molar-refractivity contribution in [1.82, 2.24) is 4.90 Å². The van der Waals surface area contributed by atoms with Crippen LogP contribution in [0.15, 0.2) is 24.3 Å². The van der Waals surface area contributed by atoms with E-state index >= 15 is 0 Å². The fourth-order valence-electron chi connectivity index (χ4n) is 0.663. The summed E-state index contributed by atoms with van der Waals surface area (Å²) in [5.41, 5.74) is 2.74. The van der Waals surface area contributed by atoms with Crippen molar-refractivity contribution in [2.45, 2.75) is 13.8 Å². The number of hydrogen-bond acceptors (Lipinski definition) is 1. The molecule has 0 bridgehead atoms. The highest BCUT2D eigenvalue weighted by Crippen LogP contribution is 2.02. The average Bonchev–Trinajstić information content (AvgIpc) is 2.11. The van der Waals surface area contributed by atoms with Crippen molar-refractivity contribution in [3.05, 3.63) is 35.4 Å². The van der Waals surface area contributed by atoms with Crippen LogP contribution in [0, 0.1) is 13.8 Å². The quantitative estimate of drug-likeness (QED) is 0.604. The van der Waals surface area contributed by atoms with E-state index in [0.29, 0.717) is 0 Å². The molecule has 2 heteroatoms. The maximum absolute atomic E-state index is 9.43. The van der Waals surface area contributed by atoms with E-state index in [2.05, 4.69) is 38.1 Å². The Morgan fingerprint density at radius 3 is 1.54 bits per heavy atom. The van der Waals surface area contributed by atoms with Gasteiger partial charge >= 0.3 is 0 Å². The number of carbonyl (C=O) groups is 1. The molecule has 1 rings (SSSR count). The SMILES string of the molecule is CN(C)C=O.Cc1ccccc1C. The first-order chi connectivity index (χ1) is 6.07. The van der Waals surface area contributed by atoms with E-state index in [-0.39, 0.29) is 0 Å². The first-order valence-corrected chi connectivity index (χ1v) is 4.22. The first-order valence-electron chi connectivity index (χ1n) is 4.22. The highest BCUT2D eigenvalue weighted by atomic mass is 16.1. The summed E-state index contributed by atoms with van der Waals surface area (Å²) in [6.07, 6.45) is 0.750. The number of benzene rings is 1. The van der Waals surface area contributed by atoms with Gasteiger partial charge in [-0.25, -0.2) is 0 Å². The molecule has 0 aliphatic carbocycles. The monoisotopic (exact) mass is 179 g/mol. The third kappa shape index (κ3) is 5.91. The van der Waals surface area contributed by atoms with Crippen molar-refractivity contribution in [1.29, 1.82) is 0 Å². The Hall–Kier alpha value is -1.31. The molecule has 0 radical (unpaired) electrons. The zero-order valence-electron chi connectivity index (χ0n) is 8.74. The van der Waals surface area contributed by atoms with E-state index < -0.39 is 0 Å². The van der Waals surface area contributed by atoms with Gasteiger partial charge < -0.3 is 4.90 Å². The highest BCUT2D eigenvalue weighted by Gasteiger charge is 1.83. The van der Waals surface area contributed by atoms with E-state index in [9.17, 15) is 4.79 Å². The Morgan fingerprint density at radius 2 is 1.38 bits per heavy atom. The molecule has 13 heavy (non-hydrogen) atoms. The van der Waals surface area contributed by atoms with E-state index in [4.69, 9.17) is 0 Å². The van der Waals surface area contributed by atoms with Crippen LogP contribution in [0.1, 0.15) is 11.1 Å². The molecule has 0 N–H and O–H groups in total. The molecule has 0 saturated heterocycles. The molecule has 0 fully saturated rings. The third-order valence-electron chi connectivity index (χ3n) is 1.64. The van der Waals surface area contributed by atoms with Gasteiger partial charge in [-0.15, -0.1) is 0 Å². The van der Waals surface area contributed by atoms with Gasteiger partial charge in [0.05, 0.1) is 0 Å². The second-order valence-electron chi connectivity index (χ2n) is 3.15. The molecule has 0 unspecified atom stereocenters. The van der Waals surface area contributed by atoms with Gasteiger partial charge in [0.2, 0.25) is 6.41 Å². The van der Waals surface area contributed by atoms with E-state index in [0.717, 1.165) is 6.41 Å². The standard InChI is InChI=1S/C8H10.C3H7NO/c1-7-5-3-4-6-8(7)2;1-4(2)3-5/h3-6H,1-2H3;3H,1-2H3. The molecule has 0 heterocycles. The predicted molar refractivity (Wildman–Crippen MR) is 55.7 cm³/mol. The average molecular weight is 179 g/mol. The molecule has 2 nitrogen and oxygen atoms in total. The van der Waals surface area contributed by atoms with Crippen LogP contribution in [0.5, 0.6) is 0 Å². The molecule has 0 aliphatic rings. The lowest BCUT2D eigenvalue weighted by atomic mass is 10.1. The summed E-state index contributed by atoms with van der Waals surface area (Å²) in [6, 6.07) is 8.36. The van der Waals surface area contributed by atoms with Crippen molar-refractivity contribution in [2.24, 2.45) is 0 Å². The minimum atomic E-state index is 0.750. The zero-order chi connectivity index (χ0) is 10.3. The topological polar surface area (TPSA) is 20.3 Å². The maximum Gasteiger partial charge on any atom is 0.209 e. The van der Waals surface area contributed by atoms with Crippen LogP contribution in [0.3, 0.4) is 0 Å².